The lowest BCUT2D eigenvalue weighted by atomic mass is 9.98. The molecule has 0 aromatic heterocycles. The molecule has 1 unspecified atom stereocenters. The van der Waals surface area contributed by atoms with Gasteiger partial charge < -0.3 is 10.6 Å². The molecular weight excluding hydrogens is 212 g/mol. The fourth-order valence-electron chi connectivity index (χ4n) is 2.06. The largest absolute Gasteiger partial charge is 0.349 e. The summed E-state index contributed by atoms with van der Waals surface area (Å²) >= 11 is 0. The van der Waals surface area contributed by atoms with Crippen LogP contribution in [0.4, 0.5) is 0 Å². The van der Waals surface area contributed by atoms with Crippen molar-refractivity contribution in [3.63, 3.8) is 0 Å². The van der Waals surface area contributed by atoms with Gasteiger partial charge in [-0.3, -0.25) is 4.79 Å². The highest BCUT2D eigenvalue weighted by Crippen LogP contribution is 2.19. The van der Waals surface area contributed by atoms with Crippen LogP contribution in [0.3, 0.4) is 0 Å². The fraction of sp³-hybridized carbons (Fsp3) is 0.500. The standard InChI is InChI=1S/C14H20N2O/c1-2-6-13(11-7-4-3-5-8-11)16-14(17)12-9-15-10-12/h3-5,7-8,12-13,15H,2,6,9-10H2,1H3,(H,16,17). The predicted molar refractivity (Wildman–Crippen MR) is 68.6 cm³/mol. The van der Waals surface area contributed by atoms with Gasteiger partial charge in [-0.15, -0.1) is 0 Å². The molecule has 1 atom stereocenters. The van der Waals surface area contributed by atoms with Gasteiger partial charge in [-0.2, -0.15) is 0 Å². The van der Waals surface area contributed by atoms with Crippen molar-refractivity contribution < 1.29 is 4.79 Å². The van der Waals surface area contributed by atoms with Crippen molar-refractivity contribution in [2.75, 3.05) is 13.1 Å². The van der Waals surface area contributed by atoms with E-state index in [-0.39, 0.29) is 17.9 Å². The molecule has 1 heterocycles. The Labute approximate surface area is 103 Å². The molecule has 1 aromatic rings. The number of nitrogens with one attached hydrogen (secondary N) is 2. The van der Waals surface area contributed by atoms with E-state index in [4.69, 9.17) is 0 Å². The maximum atomic E-state index is 11.9. The van der Waals surface area contributed by atoms with Crippen LogP contribution in [-0.4, -0.2) is 19.0 Å². The van der Waals surface area contributed by atoms with Crippen LogP contribution >= 0.6 is 0 Å². The second kappa shape index (κ2) is 5.82. The van der Waals surface area contributed by atoms with Crippen molar-refractivity contribution in [1.82, 2.24) is 10.6 Å². The van der Waals surface area contributed by atoms with Gasteiger partial charge in [0.15, 0.2) is 0 Å². The van der Waals surface area contributed by atoms with Crippen LogP contribution in [0.1, 0.15) is 31.4 Å². The first-order valence-electron chi connectivity index (χ1n) is 6.37. The van der Waals surface area contributed by atoms with Gasteiger partial charge in [0.1, 0.15) is 0 Å². The van der Waals surface area contributed by atoms with E-state index in [0.717, 1.165) is 25.9 Å². The average molecular weight is 232 g/mol. The van der Waals surface area contributed by atoms with E-state index in [9.17, 15) is 4.79 Å². The van der Waals surface area contributed by atoms with Gasteiger partial charge >= 0.3 is 0 Å². The minimum Gasteiger partial charge on any atom is -0.349 e. The summed E-state index contributed by atoms with van der Waals surface area (Å²) in [6.45, 7) is 3.78. The molecule has 1 fully saturated rings. The Kier molecular flexibility index (Phi) is 4.15. The maximum Gasteiger partial charge on any atom is 0.226 e. The summed E-state index contributed by atoms with van der Waals surface area (Å²) < 4.78 is 0. The van der Waals surface area contributed by atoms with Gasteiger partial charge in [-0.25, -0.2) is 0 Å². The minimum atomic E-state index is 0.161. The van der Waals surface area contributed by atoms with E-state index in [1.165, 1.54) is 5.56 Å². The van der Waals surface area contributed by atoms with Gasteiger partial charge in [0.25, 0.3) is 0 Å². The third-order valence-electron chi connectivity index (χ3n) is 3.25. The highest BCUT2D eigenvalue weighted by molar-refractivity contribution is 5.80. The molecule has 2 rings (SSSR count). The summed E-state index contributed by atoms with van der Waals surface area (Å²) in [5, 5.41) is 6.28. The zero-order chi connectivity index (χ0) is 12.1. The van der Waals surface area contributed by atoms with Gasteiger partial charge in [0.05, 0.1) is 12.0 Å². The average Bonchev–Trinajstić information content (AvgIpc) is 2.27. The number of carbonyl (C=O) groups excluding carboxylic acids is 1. The molecular formula is C14H20N2O. The Bertz CT molecular complexity index is 360. The smallest absolute Gasteiger partial charge is 0.226 e. The van der Waals surface area contributed by atoms with E-state index in [0.29, 0.717) is 0 Å². The Balaban J connectivity index is 1.99. The zero-order valence-electron chi connectivity index (χ0n) is 10.3. The highest BCUT2D eigenvalue weighted by atomic mass is 16.2. The Morgan fingerprint density at radius 2 is 2.12 bits per heavy atom. The summed E-state index contributed by atoms with van der Waals surface area (Å²) in [5.41, 5.74) is 1.20. The number of hydrogen-bond acceptors (Lipinski definition) is 2. The molecule has 92 valence electrons. The lowest BCUT2D eigenvalue weighted by Crippen LogP contribution is -2.51. The van der Waals surface area contributed by atoms with Crippen molar-refractivity contribution in [3.05, 3.63) is 35.9 Å². The van der Waals surface area contributed by atoms with Crippen molar-refractivity contribution in [3.8, 4) is 0 Å². The third-order valence-corrected chi connectivity index (χ3v) is 3.25. The van der Waals surface area contributed by atoms with Crippen molar-refractivity contribution >= 4 is 5.91 Å². The van der Waals surface area contributed by atoms with Crippen molar-refractivity contribution in [2.45, 2.75) is 25.8 Å². The normalized spacial score (nSPS) is 17.2. The second-order valence-corrected chi connectivity index (χ2v) is 4.62. The Hall–Kier alpha value is -1.35. The van der Waals surface area contributed by atoms with E-state index >= 15 is 0 Å². The quantitative estimate of drug-likeness (QED) is 0.813. The van der Waals surface area contributed by atoms with Crippen LogP contribution in [0, 0.1) is 5.92 Å². The monoisotopic (exact) mass is 232 g/mol. The van der Waals surface area contributed by atoms with Crippen LogP contribution in [0.5, 0.6) is 0 Å². The van der Waals surface area contributed by atoms with Gasteiger partial charge in [-0.1, -0.05) is 43.7 Å². The van der Waals surface area contributed by atoms with E-state index in [2.05, 4.69) is 29.7 Å². The third kappa shape index (κ3) is 3.07. The maximum absolute atomic E-state index is 11.9. The van der Waals surface area contributed by atoms with Gasteiger partial charge in [0.2, 0.25) is 5.91 Å². The zero-order valence-corrected chi connectivity index (χ0v) is 10.3. The number of amides is 1. The molecule has 0 saturated carbocycles. The first-order valence-corrected chi connectivity index (χ1v) is 6.37. The molecule has 1 saturated heterocycles. The lowest BCUT2D eigenvalue weighted by molar-refractivity contribution is -0.127. The van der Waals surface area contributed by atoms with Crippen LogP contribution in [0.15, 0.2) is 30.3 Å². The van der Waals surface area contributed by atoms with Crippen molar-refractivity contribution in [1.29, 1.82) is 0 Å². The molecule has 1 aliphatic heterocycles. The summed E-state index contributed by atoms with van der Waals surface area (Å²) in [7, 11) is 0. The number of benzene rings is 1. The van der Waals surface area contributed by atoms with Gasteiger partial charge in [-0.05, 0) is 12.0 Å². The minimum absolute atomic E-state index is 0.161. The summed E-state index contributed by atoms with van der Waals surface area (Å²) in [5.74, 6) is 0.351. The Morgan fingerprint density at radius 3 is 2.65 bits per heavy atom. The van der Waals surface area contributed by atoms with Gasteiger partial charge in [0, 0.05) is 13.1 Å². The predicted octanol–water partition coefficient (Wildman–Crippen LogP) is 1.86. The molecule has 0 aliphatic carbocycles. The molecule has 0 radical (unpaired) electrons. The van der Waals surface area contributed by atoms with E-state index in [1.807, 2.05) is 18.2 Å². The lowest BCUT2D eigenvalue weighted by Gasteiger charge is -2.28. The summed E-state index contributed by atoms with van der Waals surface area (Å²) in [6.07, 6.45) is 2.07. The summed E-state index contributed by atoms with van der Waals surface area (Å²) in [6, 6.07) is 10.4. The molecule has 1 amide bonds. The van der Waals surface area contributed by atoms with Crippen LogP contribution in [0.25, 0.3) is 0 Å². The van der Waals surface area contributed by atoms with E-state index in [1.54, 1.807) is 0 Å². The topological polar surface area (TPSA) is 41.1 Å². The van der Waals surface area contributed by atoms with Crippen molar-refractivity contribution in [2.24, 2.45) is 5.92 Å². The first-order chi connectivity index (χ1) is 8.31. The number of hydrogen-bond donors (Lipinski definition) is 2. The van der Waals surface area contributed by atoms with Crippen LogP contribution in [-0.2, 0) is 4.79 Å². The fourth-order valence-corrected chi connectivity index (χ4v) is 2.06. The van der Waals surface area contributed by atoms with Crippen LogP contribution < -0.4 is 10.6 Å². The highest BCUT2D eigenvalue weighted by Gasteiger charge is 2.26. The van der Waals surface area contributed by atoms with Crippen LogP contribution in [0.2, 0.25) is 0 Å². The summed E-state index contributed by atoms with van der Waals surface area (Å²) in [4.78, 5) is 11.9. The molecule has 0 bridgehead atoms. The molecule has 3 heteroatoms. The SMILES string of the molecule is CCCC(NC(=O)C1CNC1)c1ccccc1. The molecule has 2 N–H and O–H groups in total. The van der Waals surface area contributed by atoms with E-state index < -0.39 is 0 Å². The molecule has 1 aromatic carbocycles. The first kappa shape index (κ1) is 12.1. The molecule has 3 nitrogen and oxygen atoms in total. The molecule has 0 spiro atoms. The number of rotatable bonds is 5. The molecule has 17 heavy (non-hydrogen) atoms. The Morgan fingerprint density at radius 1 is 1.41 bits per heavy atom. The molecule has 1 aliphatic rings. The number of carbonyl (C=O) groups is 1. The second-order valence-electron chi connectivity index (χ2n) is 4.62.